The molecule has 76 valence electrons. The standard InChI is InChI=1S/C10H10N4O/c1-3-7-4-9(15)14-10(12-7)8(5-11)6(2)13-14/h3-4H2,1-2H3. The van der Waals surface area contributed by atoms with E-state index in [2.05, 4.69) is 10.1 Å². The lowest BCUT2D eigenvalue weighted by molar-refractivity contribution is 0.0905. The van der Waals surface area contributed by atoms with Crippen LogP contribution in [0, 0.1) is 18.3 Å². The first kappa shape index (κ1) is 9.59. The summed E-state index contributed by atoms with van der Waals surface area (Å²) < 4.78 is 1.23. The van der Waals surface area contributed by atoms with E-state index in [-0.39, 0.29) is 5.91 Å². The first-order valence-corrected chi connectivity index (χ1v) is 4.76. The van der Waals surface area contributed by atoms with Gasteiger partial charge >= 0.3 is 0 Å². The van der Waals surface area contributed by atoms with Gasteiger partial charge < -0.3 is 0 Å². The Morgan fingerprint density at radius 2 is 2.33 bits per heavy atom. The average Bonchev–Trinajstić information content (AvgIpc) is 2.54. The van der Waals surface area contributed by atoms with E-state index in [0.29, 0.717) is 23.5 Å². The number of hydrogen-bond donors (Lipinski definition) is 0. The molecule has 0 saturated heterocycles. The Labute approximate surface area is 87.0 Å². The SMILES string of the molecule is CCC1=Nc2c(C#N)c(C)nn2C(=O)C1. The van der Waals surface area contributed by atoms with Gasteiger partial charge in [-0.3, -0.25) is 4.79 Å². The Bertz CT molecular complexity index is 504. The second kappa shape index (κ2) is 3.31. The van der Waals surface area contributed by atoms with E-state index in [1.54, 1.807) is 6.92 Å². The number of hydrogen-bond acceptors (Lipinski definition) is 4. The molecular formula is C10H10N4O. The zero-order chi connectivity index (χ0) is 11.0. The van der Waals surface area contributed by atoms with Gasteiger partial charge in [0.2, 0.25) is 0 Å². The molecule has 0 atom stereocenters. The number of aryl methyl sites for hydroxylation is 1. The quantitative estimate of drug-likeness (QED) is 0.694. The summed E-state index contributed by atoms with van der Waals surface area (Å²) in [5.74, 6) is 0.282. The summed E-state index contributed by atoms with van der Waals surface area (Å²) in [4.78, 5) is 15.9. The molecule has 0 radical (unpaired) electrons. The van der Waals surface area contributed by atoms with Crippen LogP contribution in [0.25, 0.3) is 0 Å². The summed E-state index contributed by atoms with van der Waals surface area (Å²) in [5.41, 5.74) is 1.76. The fraction of sp³-hybridized carbons (Fsp3) is 0.400. The smallest absolute Gasteiger partial charge is 0.254 e. The van der Waals surface area contributed by atoms with Crippen LogP contribution in [0.4, 0.5) is 5.82 Å². The molecule has 1 aromatic rings. The van der Waals surface area contributed by atoms with Crippen molar-refractivity contribution in [1.82, 2.24) is 9.78 Å². The van der Waals surface area contributed by atoms with Crippen molar-refractivity contribution >= 4 is 17.4 Å². The molecule has 0 bridgehead atoms. The molecule has 1 aliphatic rings. The summed E-state index contributed by atoms with van der Waals surface area (Å²) in [7, 11) is 0. The number of rotatable bonds is 1. The van der Waals surface area contributed by atoms with Crippen LogP contribution in [-0.2, 0) is 0 Å². The van der Waals surface area contributed by atoms with Gasteiger partial charge in [0.1, 0.15) is 11.6 Å². The van der Waals surface area contributed by atoms with Gasteiger partial charge in [0.15, 0.2) is 5.82 Å². The van der Waals surface area contributed by atoms with Gasteiger partial charge in [-0.1, -0.05) is 6.92 Å². The molecule has 0 fully saturated rings. The van der Waals surface area contributed by atoms with Crippen molar-refractivity contribution in [2.24, 2.45) is 4.99 Å². The topological polar surface area (TPSA) is 71.0 Å². The molecule has 15 heavy (non-hydrogen) atoms. The van der Waals surface area contributed by atoms with Crippen LogP contribution in [0.3, 0.4) is 0 Å². The molecule has 0 N–H and O–H groups in total. The third kappa shape index (κ3) is 1.34. The Morgan fingerprint density at radius 1 is 1.60 bits per heavy atom. The van der Waals surface area contributed by atoms with E-state index in [1.165, 1.54) is 4.68 Å². The predicted molar refractivity (Wildman–Crippen MR) is 54.3 cm³/mol. The van der Waals surface area contributed by atoms with Crippen molar-refractivity contribution in [3.63, 3.8) is 0 Å². The minimum Gasteiger partial charge on any atom is -0.272 e. The first-order valence-electron chi connectivity index (χ1n) is 4.76. The van der Waals surface area contributed by atoms with Crippen LogP contribution >= 0.6 is 0 Å². The first-order chi connectivity index (χ1) is 7.17. The molecule has 0 saturated carbocycles. The predicted octanol–water partition coefficient (Wildman–Crippen LogP) is 1.59. The summed E-state index contributed by atoms with van der Waals surface area (Å²) in [6, 6.07) is 2.03. The lowest BCUT2D eigenvalue weighted by atomic mass is 10.1. The molecular weight excluding hydrogens is 192 g/mol. The lowest BCUT2D eigenvalue weighted by Crippen LogP contribution is -2.20. The monoisotopic (exact) mass is 202 g/mol. The van der Waals surface area contributed by atoms with E-state index >= 15 is 0 Å². The van der Waals surface area contributed by atoms with Gasteiger partial charge in [0, 0.05) is 5.71 Å². The summed E-state index contributed by atoms with van der Waals surface area (Å²) >= 11 is 0. The molecule has 0 unspecified atom stereocenters. The maximum Gasteiger partial charge on any atom is 0.254 e. The second-order valence-corrected chi connectivity index (χ2v) is 3.41. The van der Waals surface area contributed by atoms with Crippen molar-refractivity contribution in [3.8, 4) is 6.07 Å². The number of nitriles is 1. The number of aromatic nitrogens is 2. The largest absolute Gasteiger partial charge is 0.272 e. The summed E-state index contributed by atoms with van der Waals surface area (Å²) in [6.45, 7) is 3.65. The molecule has 0 aliphatic carbocycles. The second-order valence-electron chi connectivity index (χ2n) is 3.41. The molecule has 5 nitrogen and oxygen atoms in total. The van der Waals surface area contributed by atoms with Crippen molar-refractivity contribution < 1.29 is 4.79 Å². The minimum atomic E-state index is -0.110. The number of nitrogens with zero attached hydrogens (tertiary/aromatic N) is 4. The van der Waals surface area contributed by atoms with Gasteiger partial charge in [-0.05, 0) is 13.3 Å². The third-order valence-corrected chi connectivity index (χ3v) is 2.41. The van der Waals surface area contributed by atoms with Crippen molar-refractivity contribution in [2.45, 2.75) is 26.7 Å². The van der Waals surface area contributed by atoms with Crippen LogP contribution in [0.1, 0.15) is 35.8 Å². The Morgan fingerprint density at radius 3 is 2.93 bits per heavy atom. The van der Waals surface area contributed by atoms with E-state index in [1.807, 2.05) is 13.0 Å². The van der Waals surface area contributed by atoms with Crippen LogP contribution in [0.2, 0.25) is 0 Å². The highest BCUT2D eigenvalue weighted by atomic mass is 16.2. The fourth-order valence-electron chi connectivity index (χ4n) is 1.57. The van der Waals surface area contributed by atoms with Crippen LogP contribution < -0.4 is 0 Å². The van der Waals surface area contributed by atoms with E-state index in [9.17, 15) is 4.79 Å². The van der Waals surface area contributed by atoms with Crippen LogP contribution in [-0.4, -0.2) is 21.4 Å². The van der Waals surface area contributed by atoms with Crippen molar-refractivity contribution in [2.75, 3.05) is 0 Å². The molecule has 5 heteroatoms. The van der Waals surface area contributed by atoms with Gasteiger partial charge in [-0.2, -0.15) is 15.0 Å². The molecule has 0 amide bonds. The van der Waals surface area contributed by atoms with E-state index < -0.39 is 0 Å². The zero-order valence-electron chi connectivity index (χ0n) is 8.61. The third-order valence-electron chi connectivity index (χ3n) is 2.41. The molecule has 1 aliphatic heterocycles. The van der Waals surface area contributed by atoms with Gasteiger partial charge in [-0.15, -0.1) is 0 Å². The van der Waals surface area contributed by atoms with Gasteiger partial charge in [-0.25, -0.2) is 4.99 Å². The molecule has 2 rings (SSSR count). The molecule has 0 aromatic carbocycles. The number of carbonyl (C=O) groups excluding carboxylic acids is 1. The summed E-state index contributed by atoms with van der Waals surface area (Å²) in [5, 5.41) is 12.9. The minimum absolute atomic E-state index is 0.110. The van der Waals surface area contributed by atoms with Crippen LogP contribution in [0.15, 0.2) is 4.99 Å². The maximum atomic E-state index is 11.6. The fourth-order valence-corrected chi connectivity index (χ4v) is 1.57. The van der Waals surface area contributed by atoms with E-state index in [4.69, 9.17) is 5.26 Å². The number of aliphatic imine (C=N–C) groups is 1. The average molecular weight is 202 g/mol. The highest BCUT2D eigenvalue weighted by Gasteiger charge is 2.24. The molecule has 2 heterocycles. The number of fused-ring (bicyclic) bond motifs is 1. The van der Waals surface area contributed by atoms with E-state index in [0.717, 1.165) is 12.1 Å². The van der Waals surface area contributed by atoms with Crippen molar-refractivity contribution in [3.05, 3.63) is 11.3 Å². The number of carbonyl (C=O) groups is 1. The van der Waals surface area contributed by atoms with Gasteiger partial charge in [0.05, 0.1) is 12.1 Å². The van der Waals surface area contributed by atoms with Crippen molar-refractivity contribution in [1.29, 1.82) is 5.26 Å². The highest BCUT2D eigenvalue weighted by molar-refractivity contribution is 6.06. The summed E-state index contributed by atoms with van der Waals surface area (Å²) in [6.07, 6.45) is 1.02. The molecule has 1 aromatic heterocycles. The maximum absolute atomic E-state index is 11.6. The Hall–Kier alpha value is -1.96. The van der Waals surface area contributed by atoms with Crippen LogP contribution in [0.5, 0.6) is 0 Å². The Kier molecular flexibility index (Phi) is 2.12. The lowest BCUT2D eigenvalue weighted by Gasteiger charge is -2.10. The highest BCUT2D eigenvalue weighted by Crippen LogP contribution is 2.26. The normalized spacial score (nSPS) is 14.5. The molecule has 0 spiro atoms. The Balaban J connectivity index is 2.67. The van der Waals surface area contributed by atoms with Gasteiger partial charge in [0.25, 0.3) is 5.91 Å². The zero-order valence-corrected chi connectivity index (χ0v) is 8.61.